The van der Waals surface area contributed by atoms with Crippen LogP contribution in [0.1, 0.15) is 34.1 Å². The number of anilines is 1. The fourth-order valence-electron chi connectivity index (χ4n) is 3.08. The van der Waals surface area contributed by atoms with Crippen molar-refractivity contribution in [3.63, 3.8) is 0 Å². The number of hydrogen-bond acceptors (Lipinski definition) is 4. The van der Waals surface area contributed by atoms with E-state index in [0.717, 1.165) is 6.42 Å². The zero-order valence-corrected chi connectivity index (χ0v) is 15.2. The molecule has 0 aliphatic carbocycles. The van der Waals surface area contributed by atoms with Crippen LogP contribution < -0.4 is 5.32 Å². The van der Waals surface area contributed by atoms with Gasteiger partial charge >= 0.3 is 0 Å². The van der Waals surface area contributed by atoms with Crippen molar-refractivity contribution in [3.8, 4) is 0 Å². The van der Waals surface area contributed by atoms with Crippen LogP contribution in [0.4, 0.5) is 5.69 Å². The van der Waals surface area contributed by atoms with Gasteiger partial charge in [-0.15, -0.1) is 0 Å². The maximum Gasteiger partial charge on any atom is 0.254 e. The first kappa shape index (κ1) is 18.6. The standard InChI is InChI=1S/C20H22N4O3/c1-15(25)22-18-5-3-16(4-6-18)19(26)23-11-2-12-24(14-13-23)20(27)17-7-9-21-10-8-17/h3-10H,2,11-14H2,1H3,(H,22,25). The lowest BCUT2D eigenvalue weighted by molar-refractivity contribution is -0.114. The summed E-state index contributed by atoms with van der Waals surface area (Å²) in [6, 6.07) is 10.2. The van der Waals surface area contributed by atoms with E-state index in [2.05, 4.69) is 10.3 Å². The van der Waals surface area contributed by atoms with Crippen molar-refractivity contribution in [2.75, 3.05) is 31.5 Å². The van der Waals surface area contributed by atoms with Gasteiger partial charge in [-0.25, -0.2) is 0 Å². The van der Waals surface area contributed by atoms with Crippen molar-refractivity contribution >= 4 is 23.4 Å². The Morgan fingerprint density at radius 3 is 1.85 bits per heavy atom. The lowest BCUT2D eigenvalue weighted by Gasteiger charge is -2.22. The molecule has 1 aromatic heterocycles. The van der Waals surface area contributed by atoms with Crippen LogP contribution in [0.5, 0.6) is 0 Å². The molecule has 0 unspecified atom stereocenters. The van der Waals surface area contributed by atoms with Gasteiger partial charge in [-0.05, 0) is 42.8 Å². The summed E-state index contributed by atoms with van der Waals surface area (Å²) in [6.45, 7) is 3.65. The number of benzene rings is 1. The minimum absolute atomic E-state index is 0.0358. The predicted molar refractivity (Wildman–Crippen MR) is 101 cm³/mol. The van der Waals surface area contributed by atoms with Gasteiger partial charge in [0.2, 0.25) is 5.91 Å². The van der Waals surface area contributed by atoms with E-state index in [1.807, 2.05) is 0 Å². The van der Waals surface area contributed by atoms with Crippen LogP contribution in [-0.2, 0) is 4.79 Å². The second-order valence-electron chi connectivity index (χ2n) is 6.43. The van der Waals surface area contributed by atoms with Gasteiger partial charge in [0.25, 0.3) is 11.8 Å². The van der Waals surface area contributed by atoms with Crippen LogP contribution in [0.15, 0.2) is 48.8 Å². The zero-order valence-electron chi connectivity index (χ0n) is 15.2. The molecule has 27 heavy (non-hydrogen) atoms. The van der Waals surface area contributed by atoms with Gasteiger partial charge in [0.1, 0.15) is 0 Å². The van der Waals surface area contributed by atoms with E-state index in [0.29, 0.717) is 43.0 Å². The van der Waals surface area contributed by atoms with E-state index in [1.165, 1.54) is 6.92 Å². The van der Waals surface area contributed by atoms with E-state index in [4.69, 9.17) is 0 Å². The Morgan fingerprint density at radius 1 is 0.815 bits per heavy atom. The molecule has 2 heterocycles. The lowest BCUT2D eigenvalue weighted by Crippen LogP contribution is -2.37. The van der Waals surface area contributed by atoms with Crippen LogP contribution in [0, 0.1) is 0 Å². The molecule has 0 saturated carbocycles. The second kappa shape index (κ2) is 8.44. The molecule has 7 heteroatoms. The first-order valence-corrected chi connectivity index (χ1v) is 8.91. The lowest BCUT2D eigenvalue weighted by atomic mass is 10.1. The topological polar surface area (TPSA) is 82.6 Å². The molecule has 140 valence electrons. The summed E-state index contributed by atoms with van der Waals surface area (Å²) in [4.78, 5) is 43.9. The molecule has 0 spiro atoms. The SMILES string of the molecule is CC(=O)Nc1ccc(C(=O)N2CCCN(C(=O)c3ccncc3)CC2)cc1. The number of amides is 3. The van der Waals surface area contributed by atoms with Crippen LogP contribution in [-0.4, -0.2) is 58.7 Å². The summed E-state index contributed by atoms with van der Waals surface area (Å²) in [5, 5.41) is 2.68. The molecule has 2 aromatic rings. The summed E-state index contributed by atoms with van der Waals surface area (Å²) < 4.78 is 0. The quantitative estimate of drug-likeness (QED) is 0.901. The molecule has 1 saturated heterocycles. The van der Waals surface area contributed by atoms with E-state index < -0.39 is 0 Å². The van der Waals surface area contributed by atoms with Gasteiger partial charge < -0.3 is 15.1 Å². The summed E-state index contributed by atoms with van der Waals surface area (Å²) in [5.41, 5.74) is 1.83. The van der Waals surface area contributed by atoms with Crippen molar-refractivity contribution in [3.05, 3.63) is 59.9 Å². The smallest absolute Gasteiger partial charge is 0.254 e. The fraction of sp³-hybridized carbons (Fsp3) is 0.300. The van der Waals surface area contributed by atoms with Crippen LogP contribution in [0.2, 0.25) is 0 Å². The van der Waals surface area contributed by atoms with Gasteiger partial charge in [0.15, 0.2) is 0 Å². The molecule has 1 aliphatic rings. The van der Waals surface area contributed by atoms with E-state index >= 15 is 0 Å². The van der Waals surface area contributed by atoms with Gasteiger partial charge in [-0.1, -0.05) is 0 Å². The Balaban J connectivity index is 1.62. The third kappa shape index (κ3) is 4.69. The normalized spacial score (nSPS) is 14.4. The van der Waals surface area contributed by atoms with Gasteiger partial charge in [0, 0.05) is 62.3 Å². The molecule has 3 amide bonds. The number of nitrogens with zero attached hydrogens (tertiary/aromatic N) is 3. The number of carbonyl (C=O) groups excluding carboxylic acids is 3. The maximum atomic E-state index is 12.8. The average Bonchev–Trinajstić information content (AvgIpc) is 2.94. The van der Waals surface area contributed by atoms with Crippen molar-refractivity contribution < 1.29 is 14.4 Å². The van der Waals surface area contributed by atoms with Gasteiger partial charge in [0.05, 0.1) is 0 Å². The number of nitrogens with one attached hydrogen (secondary N) is 1. The van der Waals surface area contributed by atoms with Crippen LogP contribution in [0.3, 0.4) is 0 Å². The monoisotopic (exact) mass is 366 g/mol. The minimum Gasteiger partial charge on any atom is -0.337 e. The predicted octanol–water partition coefficient (Wildman–Crippen LogP) is 2.03. The minimum atomic E-state index is -0.152. The highest BCUT2D eigenvalue weighted by molar-refractivity contribution is 5.96. The summed E-state index contributed by atoms with van der Waals surface area (Å²) >= 11 is 0. The summed E-state index contributed by atoms with van der Waals surface area (Å²) in [7, 11) is 0. The number of aromatic nitrogens is 1. The van der Waals surface area contributed by atoms with Crippen molar-refractivity contribution in [2.45, 2.75) is 13.3 Å². The molecule has 0 atom stereocenters. The summed E-state index contributed by atoms with van der Waals surface area (Å²) in [6.07, 6.45) is 3.93. The number of carbonyl (C=O) groups is 3. The molecular formula is C20H22N4O3. The van der Waals surface area contributed by atoms with E-state index in [1.54, 1.807) is 58.6 Å². The molecular weight excluding hydrogens is 344 g/mol. The maximum absolute atomic E-state index is 12.8. The Morgan fingerprint density at radius 2 is 1.33 bits per heavy atom. The number of rotatable bonds is 3. The molecule has 1 aromatic carbocycles. The Kier molecular flexibility index (Phi) is 5.80. The Bertz CT molecular complexity index is 821. The first-order valence-electron chi connectivity index (χ1n) is 8.91. The highest BCUT2D eigenvalue weighted by Gasteiger charge is 2.23. The first-order chi connectivity index (χ1) is 13.0. The zero-order chi connectivity index (χ0) is 19.2. The van der Waals surface area contributed by atoms with Crippen molar-refractivity contribution in [1.29, 1.82) is 0 Å². The average molecular weight is 366 g/mol. The largest absolute Gasteiger partial charge is 0.337 e. The van der Waals surface area contributed by atoms with E-state index in [9.17, 15) is 14.4 Å². The molecule has 0 bridgehead atoms. The van der Waals surface area contributed by atoms with E-state index in [-0.39, 0.29) is 17.7 Å². The Hall–Kier alpha value is -3.22. The Labute approximate surface area is 158 Å². The van der Waals surface area contributed by atoms with Gasteiger partial charge in [-0.3, -0.25) is 19.4 Å². The van der Waals surface area contributed by atoms with Gasteiger partial charge in [-0.2, -0.15) is 0 Å². The molecule has 7 nitrogen and oxygen atoms in total. The fourth-order valence-corrected chi connectivity index (χ4v) is 3.08. The highest BCUT2D eigenvalue weighted by atomic mass is 16.2. The van der Waals surface area contributed by atoms with Crippen molar-refractivity contribution in [2.24, 2.45) is 0 Å². The molecule has 3 rings (SSSR count). The van der Waals surface area contributed by atoms with Crippen LogP contribution >= 0.6 is 0 Å². The molecule has 1 fully saturated rings. The van der Waals surface area contributed by atoms with Crippen molar-refractivity contribution in [1.82, 2.24) is 14.8 Å². The third-order valence-electron chi connectivity index (χ3n) is 4.45. The van der Waals surface area contributed by atoms with Crippen LogP contribution in [0.25, 0.3) is 0 Å². The summed E-state index contributed by atoms with van der Waals surface area (Å²) in [5.74, 6) is -0.255. The number of pyridine rings is 1. The highest BCUT2D eigenvalue weighted by Crippen LogP contribution is 2.14. The second-order valence-corrected chi connectivity index (χ2v) is 6.43. The number of hydrogen-bond donors (Lipinski definition) is 1. The molecule has 0 radical (unpaired) electrons. The molecule has 1 aliphatic heterocycles. The molecule has 1 N–H and O–H groups in total. The third-order valence-corrected chi connectivity index (χ3v) is 4.45.